The van der Waals surface area contributed by atoms with Crippen molar-refractivity contribution in [2.45, 2.75) is 26.2 Å². The SMILES string of the molecule is CC(C)(C)c1ccc2[nH]c3ccc(-c4ccc5c(c4)c4c6ccccc6ccc4n5-c4ccccc4)cc3c2c1. The third-order valence-electron chi connectivity index (χ3n) is 8.47. The molecule has 2 heteroatoms. The lowest BCUT2D eigenvalue weighted by atomic mass is 9.86. The first-order chi connectivity index (χ1) is 19.5. The third kappa shape index (κ3) is 3.42. The van der Waals surface area contributed by atoms with E-state index in [0.29, 0.717) is 0 Å². The van der Waals surface area contributed by atoms with Crippen molar-refractivity contribution in [1.82, 2.24) is 9.55 Å². The quantitative estimate of drug-likeness (QED) is 0.237. The second-order valence-corrected chi connectivity index (χ2v) is 12.0. The van der Waals surface area contributed by atoms with Gasteiger partial charge in [-0.2, -0.15) is 0 Å². The van der Waals surface area contributed by atoms with Gasteiger partial charge in [0.05, 0.1) is 11.0 Å². The highest BCUT2D eigenvalue weighted by atomic mass is 15.0. The summed E-state index contributed by atoms with van der Waals surface area (Å²) >= 11 is 0. The molecule has 0 aliphatic rings. The highest BCUT2D eigenvalue weighted by Gasteiger charge is 2.17. The average Bonchev–Trinajstić information content (AvgIpc) is 3.51. The van der Waals surface area contributed by atoms with Crippen LogP contribution in [0.2, 0.25) is 0 Å². The molecular weight excluding hydrogens is 484 g/mol. The minimum atomic E-state index is 0.107. The number of nitrogens with zero attached hydrogens (tertiary/aromatic N) is 1. The van der Waals surface area contributed by atoms with Gasteiger partial charge in [0.25, 0.3) is 0 Å². The number of hydrogen-bond donors (Lipinski definition) is 1. The molecule has 0 aliphatic carbocycles. The van der Waals surface area contributed by atoms with E-state index in [2.05, 4.69) is 152 Å². The lowest BCUT2D eigenvalue weighted by Crippen LogP contribution is -2.10. The van der Waals surface area contributed by atoms with Crippen molar-refractivity contribution in [3.8, 4) is 16.8 Å². The summed E-state index contributed by atoms with van der Waals surface area (Å²) in [7, 11) is 0. The molecule has 0 fully saturated rings. The number of benzene rings is 6. The first-order valence-electron chi connectivity index (χ1n) is 14.0. The van der Waals surface area contributed by atoms with Gasteiger partial charge in [-0.05, 0) is 87.5 Å². The Labute approximate surface area is 233 Å². The molecule has 192 valence electrons. The molecule has 0 radical (unpaired) electrons. The molecule has 8 rings (SSSR count). The van der Waals surface area contributed by atoms with Crippen LogP contribution in [0.5, 0.6) is 0 Å². The summed E-state index contributed by atoms with van der Waals surface area (Å²) in [4.78, 5) is 3.63. The number of H-pyrrole nitrogens is 1. The van der Waals surface area contributed by atoms with Gasteiger partial charge >= 0.3 is 0 Å². The average molecular weight is 515 g/mol. The first-order valence-corrected chi connectivity index (χ1v) is 14.0. The topological polar surface area (TPSA) is 20.7 Å². The predicted molar refractivity (Wildman–Crippen MR) is 172 cm³/mol. The molecule has 2 heterocycles. The molecule has 2 aromatic heterocycles. The number of hydrogen-bond acceptors (Lipinski definition) is 0. The molecule has 0 saturated heterocycles. The number of rotatable bonds is 2. The van der Waals surface area contributed by atoms with E-state index in [9.17, 15) is 0 Å². The number of aromatic amines is 1. The minimum absolute atomic E-state index is 0.107. The van der Waals surface area contributed by atoms with Crippen LogP contribution in [0.1, 0.15) is 26.3 Å². The summed E-state index contributed by atoms with van der Waals surface area (Å²) in [6.07, 6.45) is 0. The Morgan fingerprint density at radius 3 is 1.98 bits per heavy atom. The van der Waals surface area contributed by atoms with E-state index in [1.165, 1.54) is 76.8 Å². The standard InChI is InChI=1S/C38H30N2/c1-38(2,3)27-16-18-34-31(23-27)30-21-25(13-17-33(30)39-34)26-15-19-35-32(22-26)37-29-12-8-7-9-24(29)14-20-36(37)40(35)28-10-5-4-6-11-28/h4-23,39H,1-3H3. The highest BCUT2D eigenvalue weighted by Crippen LogP contribution is 2.39. The van der Waals surface area contributed by atoms with Gasteiger partial charge in [-0.3, -0.25) is 0 Å². The van der Waals surface area contributed by atoms with E-state index in [4.69, 9.17) is 0 Å². The molecule has 0 spiro atoms. The van der Waals surface area contributed by atoms with Crippen LogP contribution in [0.15, 0.2) is 121 Å². The fraction of sp³-hybridized carbons (Fsp3) is 0.105. The molecular formula is C38H30N2. The van der Waals surface area contributed by atoms with Crippen molar-refractivity contribution < 1.29 is 0 Å². The van der Waals surface area contributed by atoms with Gasteiger partial charge in [-0.1, -0.05) is 87.5 Å². The van der Waals surface area contributed by atoms with Gasteiger partial charge in [0, 0.05) is 38.3 Å². The summed E-state index contributed by atoms with van der Waals surface area (Å²) in [6, 6.07) is 44.6. The minimum Gasteiger partial charge on any atom is -0.355 e. The molecule has 6 aromatic carbocycles. The third-order valence-corrected chi connectivity index (χ3v) is 8.47. The van der Waals surface area contributed by atoms with E-state index in [1.54, 1.807) is 0 Å². The predicted octanol–water partition coefficient (Wildman–Crippen LogP) is 10.5. The Bertz CT molecular complexity index is 2240. The Morgan fingerprint density at radius 1 is 0.525 bits per heavy atom. The maximum Gasteiger partial charge on any atom is 0.0547 e. The second kappa shape index (κ2) is 8.34. The molecule has 1 N–H and O–H groups in total. The van der Waals surface area contributed by atoms with Gasteiger partial charge in [0.15, 0.2) is 0 Å². The van der Waals surface area contributed by atoms with Crippen LogP contribution >= 0.6 is 0 Å². The molecule has 0 bridgehead atoms. The van der Waals surface area contributed by atoms with E-state index in [1.807, 2.05) is 0 Å². The van der Waals surface area contributed by atoms with Gasteiger partial charge < -0.3 is 9.55 Å². The monoisotopic (exact) mass is 514 g/mol. The smallest absolute Gasteiger partial charge is 0.0547 e. The second-order valence-electron chi connectivity index (χ2n) is 12.0. The maximum absolute atomic E-state index is 3.63. The van der Waals surface area contributed by atoms with Crippen molar-refractivity contribution in [3.05, 3.63) is 127 Å². The molecule has 8 aromatic rings. The van der Waals surface area contributed by atoms with Crippen LogP contribution in [0, 0.1) is 0 Å². The largest absolute Gasteiger partial charge is 0.355 e. The van der Waals surface area contributed by atoms with E-state index >= 15 is 0 Å². The highest BCUT2D eigenvalue weighted by molar-refractivity contribution is 6.22. The Kier molecular flexibility index (Phi) is 4.82. The Hall–Kier alpha value is -4.82. The lowest BCUT2D eigenvalue weighted by Gasteiger charge is -2.18. The molecule has 0 atom stereocenters. The summed E-state index contributed by atoms with van der Waals surface area (Å²) in [5, 5.41) is 7.71. The number of fused-ring (bicyclic) bond motifs is 8. The summed E-state index contributed by atoms with van der Waals surface area (Å²) in [5.41, 5.74) is 9.94. The van der Waals surface area contributed by atoms with E-state index in [-0.39, 0.29) is 5.41 Å². The summed E-state index contributed by atoms with van der Waals surface area (Å²) in [5.74, 6) is 0. The molecule has 2 nitrogen and oxygen atoms in total. The van der Waals surface area contributed by atoms with Crippen molar-refractivity contribution in [3.63, 3.8) is 0 Å². The normalized spacial score (nSPS) is 12.4. The van der Waals surface area contributed by atoms with Crippen molar-refractivity contribution >= 4 is 54.4 Å². The zero-order valence-corrected chi connectivity index (χ0v) is 23.0. The molecule has 0 aliphatic heterocycles. The zero-order chi connectivity index (χ0) is 27.0. The molecule has 0 unspecified atom stereocenters. The van der Waals surface area contributed by atoms with Crippen LogP contribution in [-0.4, -0.2) is 9.55 Å². The Balaban J connectivity index is 1.40. The molecule has 0 saturated carbocycles. The van der Waals surface area contributed by atoms with Crippen LogP contribution in [0.3, 0.4) is 0 Å². The van der Waals surface area contributed by atoms with Gasteiger partial charge in [-0.25, -0.2) is 0 Å². The van der Waals surface area contributed by atoms with Crippen LogP contribution in [0.25, 0.3) is 71.2 Å². The summed E-state index contributed by atoms with van der Waals surface area (Å²) in [6.45, 7) is 6.83. The fourth-order valence-electron chi connectivity index (χ4n) is 6.37. The Morgan fingerprint density at radius 2 is 1.18 bits per heavy atom. The van der Waals surface area contributed by atoms with Crippen molar-refractivity contribution in [2.24, 2.45) is 0 Å². The van der Waals surface area contributed by atoms with E-state index < -0.39 is 0 Å². The van der Waals surface area contributed by atoms with Crippen LogP contribution in [-0.2, 0) is 5.41 Å². The van der Waals surface area contributed by atoms with Crippen LogP contribution < -0.4 is 0 Å². The van der Waals surface area contributed by atoms with Crippen molar-refractivity contribution in [2.75, 3.05) is 0 Å². The van der Waals surface area contributed by atoms with Crippen molar-refractivity contribution in [1.29, 1.82) is 0 Å². The zero-order valence-electron chi connectivity index (χ0n) is 23.0. The maximum atomic E-state index is 3.63. The summed E-state index contributed by atoms with van der Waals surface area (Å²) < 4.78 is 2.40. The number of para-hydroxylation sites is 1. The number of nitrogens with one attached hydrogen (secondary N) is 1. The lowest BCUT2D eigenvalue weighted by molar-refractivity contribution is 0.591. The van der Waals surface area contributed by atoms with Gasteiger partial charge in [-0.15, -0.1) is 0 Å². The first kappa shape index (κ1) is 23.1. The molecule has 40 heavy (non-hydrogen) atoms. The van der Waals surface area contributed by atoms with E-state index in [0.717, 1.165) is 0 Å². The molecule has 0 amide bonds. The van der Waals surface area contributed by atoms with Gasteiger partial charge in [0.2, 0.25) is 0 Å². The van der Waals surface area contributed by atoms with Gasteiger partial charge in [0.1, 0.15) is 0 Å². The van der Waals surface area contributed by atoms with Crippen LogP contribution in [0.4, 0.5) is 0 Å². The fourth-order valence-corrected chi connectivity index (χ4v) is 6.37. The number of aromatic nitrogens is 2.